The number of rotatable bonds is 17. The summed E-state index contributed by atoms with van der Waals surface area (Å²) in [5.41, 5.74) is -1.42. The van der Waals surface area contributed by atoms with Gasteiger partial charge in [0.1, 0.15) is 17.2 Å². The number of pyridine rings is 1. The van der Waals surface area contributed by atoms with Gasteiger partial charge in [0.2, 0.25) is 11.2 Å². The molecule has 9 nitrogen and oxygen atoms in total. The number of nitrogens with zero attached hydrogens (tertiary/aromatic N) is 2. The molecule has 3 heterocycles. The number of unbranched alkanes of at least 4 members (excludes halogenated alkanes) is 11. The van der Waals surface area contributed by atoms with Gasteiger partial charge in [-0.1, -0.05) is 64.4 Å². The average molecular weight is 668 g/mol. The Kier molecular flexibility index (Phi) is 14.2. The lowest BCUT2D eigenvalue weighted by Crippen LogP contribution is -2.49. The Morgan fingerprint density at radius 3 is 2.33 bits per heavy atom. The van der Waals surface area contributed by atoms with Gasteiger partial charge in [0.05, 0.1) is 19.2 Å². The topological polar surface area (TPSA) is 107 Å². The second kappa shape index (κ2) is 18.5. The van der Waals surface area contributed by atoms with E-state index in [2.05, 4.69) is 24.1 Å². The van der Waals surface area contributed by atoms with Crippen LogP contribution in [0, 0.1) is 23.5 Å². The zero-order valence-corrected chi connectivity index (χ0v) is 28.1. The van der Waals surface area contributed by atoms with Crippen molar-refractivity contribution < 1.29 is 32.6 Å². The third-order valence-electron chi connectivity index (χ3n) is 8.72. The van der Waals surface area contributed by atoms with Gasteiger partial charge in [0.15, 0.2) is 11.9 Å². The number of ether oxygens (including phenoxy) is 2. The molecule has 2 amide bonds. The van der Waals surface area contributed by atoms with E-state index in [-0.39, 0.29) is 42.4 Å². The van der Waals surface area contributed by atoms with Gasteiger partial charge < -0.3 is 24.3 Å². The van der Waals surface area contributed by atoms with Crippen molar-refractivity contribution >= 4 is 17.8 Å². The molecule has 0 bridgehead atoms. The van der Waals surface area contributed by atoms with Crippen molar-refractivity contribution in [2.45, 2.75) is 129 Å². The van der Waals surface area contributed by atoms with Gasteiger partial charge in [0.25, 0.3) is 11.8 Å². The molecule has 48 heavy (non-hydrogen) atoms. The summed E-state index contributed by atoms with van der Waals surface area (Å²) < 4.78 is 40.1. The highest BCUT2D eigenvalue weighted by Crippen LogP contribution is 2.30. The molecule has 4 rings (SSSR count). The molecular formula is C37H47F2N3O6. The molecule has 2 aliphatic rings. The van der Waals surface area contributed by atoms with Gasteiger partial charge in [-0.2, -0.15) is 0 Å². The minimum Gasteiger partial charge on any atom is -0.420 e. The Morgan fingerprint density at radius 1 is 0.979 bits per heavy atom. The summed E-state index contributed by atoms with van der Waals surface area (Å²) in [5.74, 6) is 2.28. The molecule has 260 valence electrons. The maximum absolute atomic E-state index is 14.1. The average Bonchev–Trinajstić information content (AvgIpc) is 3.43. The molecule has 0 saturated carbocycles. The number of nitrogens with one attached hydrogen (secondary N) is 1. The summed E-state index contributed by atoms with van der Waals surface area (Å²) in [6, 6.07) is 2.69. The number of carbonyl (C=O) groups is 3. The van der Waals surface area contributed by atoms with Gasteiger partial charge in [-0.05, 0) is 32.3 Å². The van der Waals surface area contributed by atoms with Crippen LogP contribution < -0.4 is 15.5 Å². The first kappa shape index (κ1) is 36.8. The molecule has 0 radical (unpaired) electrons. The SMILES string of the molecule is CCCCCCCCCC#CCCCCCCC(=O)Oc1c2n(cc(C(=O)NCc3ccc(F)cc3F)c1=O)C[C@H]1OC[C@H](C)N1C2=O. The predicted octanol–water partition coefficient (Wildman–Crippen LogP) is 6.65. The fourth-order valence-corrected chi connectivity index (χ4v) is 6.00. The summed E-state index contributed by atoms with van der Waals surface area (Å²) in [6.45, 7) is 4.13. The molecule has 1 saturated heterocycles. The van der Waals surface area contributed by atoms with E-state index < -0.39 is 46.8 Å². The summed E-state index contributed by atoms with van der Waals surface area (Å²) in [4.78, 5) is 54.7. The van der Waals surface area contributed by atoms with E-state index >= 15 is 0 Å². The number of benzene rings is 1. The Balaban J connectivity index is 1.32. The molecular weight excluding hydrogens is 620 g/mol. The predicted molar refractivity (Wildman–Crippen MR) is 177 cm³/mol. The van der Waals surface area contributed by atoms with Gasteiger partial charge in [-0.15, -0.1) is 11.8 Å². The normalized spacial score (nSPS) is 16.6. The second-order valence-corrected chi connectivity index (χ2v) is 12.6. The molecule has 0 unspecified atom stereocenters. The fourth-order valence-electron chi connectivity index (χ4n) is 6.00. The standard InChI is InChI=1S/C37H47F2N3O6/c1-3-4-5-6-7-8-9-10-11-12-13-14-15-16-17-18-32(43)48-35-33-37(46)42-26(2)25-47-31(42)24-41(33)23-29(34(35)44)36(45)40-22-27-19-20-28(38)21-30(27)39/h19-21,23,26,31H,3-10,13-18,22,24-25H2,1-2H3,(H,40,45)/t26-,31+/m0/s1. The second-order valence-electron chi connectivity index (χ2n) is 12.6. The summed E-state index contributed by atoms with van der Waals surface area (Å²) in [7, 11) is 0. The summed E-state index contributed by atoms with van der Waals surface area (Å²) in [5, 5.41) is 2.46. The van der Waals surface area contributed by atoms with Crippen molar-refractivity contribution in [1.82, 2.24) is 14.8 Å². The van der Waals surface area contributed by atoms with E-state index in [1.165, 1.54) is 60.3 Å². The third kappa shape index (κ3) is 9.99. The molecule has 2 aromatic rings. The maximum Gasteiger partial charge on any atom is 0.311 e. The highest BCUT2D eigenvalue weighted by atomic mass is 19.1. The van der Waals surface area contributed by atoms with Crippen LogP contribution in [0.25, 0.3) is 0 Å². The molecule has 0 spiro atoms. The number of hydrogen-bond acceptors (Lipinski definition) is 6. The van der Waals surface area contributed by atoms with Gasteiger partial charge >= 0.3 is 5.97 Å². The molecule has 2 aliphatic heterocycles. The summed E-state index contributed by atoms with van der Waals surface area (Å²) in [6.07, 6.45) is 14.4. The minimum absolute atomic E-state index is 0.0177. The van der Waals surface area contributed by atoms with E-state index in [0.29, 0.717) is 19.1 Å². The highest BCUT2D eigenvalue weighted by molar-refractivity contribution is 6.00. The van der Waals surface area contributed by atoms with E-state index in [1.54, 1.807) is 0 Å². The van der Waals surface area contributed by atoms with Crippen LogP contribution in [0.1, 0.15) is 130 Å². The molecule has 0 aliphatic carbocycles. The van der Waals surface area contributed by atoms with E-state index in [1.807, 2.05) is 6.92 Å². The van der Waals surface area contributed by atoms with Crippen LogP contribution in [0.5, 0.6) is 5.75 Å². The largest absolute Gasteiger partial charge is 0.420 e. The van der Waals surface area contributed by atoms with Gasteiger partial charge in [0, 0.05) is 43.6 Å². The quantitative estimate of drug-likeness (QED) is 0.115. The van der Waals surface area contributed by atoms with Crippen molar-refractivity contribution in [1.29, 1.82) is 0 Å². The maximum atomic E-state index is 14.1. The van der Waals surface area contributed by atoms with Crippen LogP contribution in [0.2, 0.25) is 0 Å². The monoisotopic (exact) mass is 667 g/mol. The van der Waals surface area contributed by atoms with E-state index in [4.69, 9.17) is 9.47 Å². The zero-order valence-electron chi connectivity index (χ0n) is 28.1. The Bertz CT molecular complexity index is 1560. The van der Waals surface area contributed by atoms with Crippen molar-refractivity contribution in [2.24, 2.45) is 0 Å². The van der Waals surface area contributed by atoms with Gasteiger partial charge in [-0.3, -0.25) is 19.2 Å². The van der Waals surface area contributed by atoms with Crippen molar-refractivity contribution in [3.63, 3.8) is 0 Å². The number of amides is 2. The zero-order chi connectivity index (χ0) is 34.5. The van der Waals surface area contributed by atoms with E-state index in [0.717, 1.165) is 44.6 Å². The number of aromatic nitrogens is 1. The molecule has 1 fully saturated rings. The van der Waals surface area contributed by atoms with Crippen molar-refractivity contribution in [3.05, 3.63) is 63.1 Å². The first-order chi connectivity index (χ1) is 23.2. The van der Waals surface area contributed by atoms with Crippen LogP contribution in [-0.2, 0) is 22.6 Å². The minimum atomic E-state index is -0.929. The van der Waals surface area contributed by atoms with Crippen molar-refractivity contribution in [2.75, 3.05) is 6.61 Å². The Hall–Kier alpha value is -4.04. The van der Waals surface area contributed by atoms with Crippen LogP contribution in [0.15, 0.2) is 29.2 Å². The Labute approximate surface area is 281 Å². The summed E-state index contributed by atoms with van der Waals surface area (Å²) >= 11 is 0. The van der Waals surface area contributed by atoms with Crippen LogP contribution in [0.3, 0.4) is 0 Å². The molecule has 1 aromatic carbocycles. The molecule has 11 heteroatoms. The molecule has 1 N–H and O–H groups in total. The third-order valence-corrected chi connectivity index (χ3v) is 8.72. The van der Waals surface area contributed by atoms with Crippen LogP contribution in [-0.4, -0.2) is 46.1 Å². The smallest absolute Gasteiger partial charge is 0.311 e. The number of esters is 1. The Morgan fingerprint density at radius 2 is 1.65 bits per heavy atom. The molecule has 1 aromatic heterocycles. The number of hydrogen-bond donors (Lipinski definition) is 1. The van der Waals surface area contributed by atoms with E-state index in [9.17, 15) is 28.0 Å². The number of carbonyl (C=O) groups excluding carboxylic acids is 3. The first-order valence-electron chi connectivity index (χ1n) is 17.3. The lowest BCUT2D eigenvalue weighted by molar-refractivity contribution is -0.134. The molecule has 2 atom stereocenters. The first-order valence-corrected chi connectivity index (χ1v) is 17.3. The number of fused-ring (bicyclic) bond motifs is 2. The van der Waals surface area contributed by atoms with Gasteiger partial charge in [-0.25, -0.2) is 8.78 Å². The fraction of sp³-hybridized carbons (Fsp3) is 0.568. The number of halogens is 2. The lowest BCUT2D eigenvalue weighted by atomic mass is 10.1. The van der Waals surface area contributed by atoms with Crippen molar-refractivity contribution in [3.8, 4) is 17.6 Å². The van der Waals surface area contributed by atoms with Crippen LogP contribution >= 0.6 is 0 Å². The highest BCUT2D eigenvalue weighted by Gasteiger charge is 2.43. The lowest BCUT2D eigenvalue weighted by Gasteiger charge is -2.34. The van der Waals surface area contributed by atoms with Crippen LogP contribution in [0.4, 0.5) is 8.78 Å².